The predicted molar refractivity (Wildman–Crippen MR) is 89.9 cm³/mol. The Balaban J connectivity index is 1.88. The number of rotatable bonds is 4. The molecule has 26 heavy (non-hydrogen) atoms. The Labute approximate surface area is 149 Å². The normalized spacial score (nSPS) is 19.4. The summed E-state index contributed by atoms with van der Waals surface area (Å²) in [4.78, 5) is 4.02. The standard InChI is InChI=1S/C17H18F3N3O2S/c18-17(19,20)10-13-3-5-15(6-4-13)26(24,25)23-9-8-22-12-16(23)14-2-1-7-21-11-14/h1-7,11,16,22H,8-10,12H2. The van der Waals surface area contributed by atoms with Crippen molar-refractivity contribution in [3.05, 3.63) is 59.9 Å². The number of alkyl halides is 3. The third kappa shape index (κ3) is 4.22. The van der Waals surface area contributed by atoms with Crippen molar-refractivity contribution in [1.29, 1.82) is 0 Å². The number of hydrogen-bond acceptors (Lipinski definition) is 4. The van der Waals surface area contributed by atoms with Gasteiger partial charge < -0.3 is 5.32 Å². The molecule has 1 aliphatic rings. The van der Waals surface area contributed by atoms with Crippen LogP contribution in [0, 0.1) is 0 Å². The SMILES string of the molecule is O=S(=O)(c1ccc(CC(F)(F)F)cc1)N1CCNCC1c1cccnc1. The Kier molecular flexibility index (Phi) is 5.31. The van der Waals surface area contributed by atoms with Crippen molar-refractivity contribution in [2.24, 2.45) is 0 Å². The number of nitrogens with zero attached hydrogens (tertiary/aromatic N) is 2. The molecule has 0 bridgehead atoms. The van der Waals surface area contributed by atoms with Crippen molar-refractivity contribution in [3.8, 4) is 0 Å². The van der Waals surface area contributed by atoms with Gasteiger partial charge in [0.2, 0.25) is 10.0 Å². The Morgan fingerprint density at radius 3 is 2.54 bits per heavy atom. The third-order valence-corrected chi connectivity index (χ3v) is 6.12. The lowest BCUT2D eigenvalue weighted by Crippen LogP contribution is -2.48. The van der Waals surface area contributed by atoms with E-state index >= 15 is 0 Å². The molecule has 3 rings (SSSR count). The van der Waals surface area contributed by atoms with Gasteiger partial charge in [-0.3, -0.25) is 4.98 Å². The van der Waals surface area contributed by atoms with Crippen LogP contribution in [0.5, 0.6) is 0 Å². The highest BCUT2D eigenvalue weighted by Crippen LogP contribution is 2.29. The zero-order valence-electron chi connectivity index (χ0n) is 13.8. The molecule has 1 aliphatic heterocycles. The van der Waals surface area contributed by atoms with Crippen molar-refractivity contribution >= 4 is 10.0 Å². The van der Waals surface area contributed by atoms with Crippen LogP contribution in [-0.2, 0) is 16.4 Å². The molecular weight excluding hydrogens is 367 g/mol. The van der Waals surface area contributed by atoms with E-state index in [1.807, 2.05) is 0 Å². The monoisotopic (exact) mass is 385 g/mol. The molecule has 2 heterocycles. The fourth-order valence-corrected chi connectivity index (χ4v) is 4.59. The lowest BCUT2D eigenvalue weighted by molar-refractivity contribution is -0.127. The number of hydrogen-bond donors (Lipinski definition) is 1. The van der Waals surface area contributed by atoms with Crippen LogP contribution >= 0.6 is 0 Å². The first-order valence-electron chi connectivity index (χ1n) is 8.05. The summed E-state index contributed by atoms with van der Waals surface area (Å²) in [6.45, 7) is 1.21. The Morgan fingerprint density at radius 2 is 1.92 bits per heavy atom. The van der Waals surface area contributed by atoms with Gasteiger partial charge in [-0.25, -0.2) is 8.42 Å². The first-order valence-corrected chi connectivity index (χ1v) is 9.49. The molecule has 1 aromatic carbocycles. The fourth-order valence-electron chi connectivity index (χ4n) is 2.98. The molecule has 1 fully saturated rings. The average molecular weight is 385 g/mol. The van der Waals surface area contributed by atoms with Crippen molar-refractivity contribution < 1.29 is 21.6 Å². The summed E-state index contributed by atoms with van der Waals surface area (Å²) in [6.07, 6.45) is -2.19. The summed E-state index contributed by atoms with van der Waals surface area (Å²) >= 11 is 0. The maximum absolute atomic E-state index is 13.0. The maximum atomic E-state index is 13.0. The smallest absolute Gasteiger partial charge is 0.313 e. The van der Waals surface area contributed by atoms with Gasteiger partial charge >= 0.3 is 6.18 Å². The van der Waals surface area contributed by atoms with Crippen molar-refractivity contribution in [3.63, 3.8) is 0 Å². The molecule has 0 aliphatic carbocycles. The molecule has 0 saturated carbocycles. The second-order valence-corrected chi connectivity index (χ2v) is 7.95. The van der Waals surface area contributed by atoms with Gasteiger partial charge in [0.15, 0.2) is 0 Å². The van der Waals surface area contributed by atoms with Crippen molar-refractivity contribution in [1.82, 2.24) is 14.6 Å². The predicted octanol–water partition coefficient (Wildman–Crippen LogP) is 2.52. The first kappa shape index (κ1) is 18.8. The maximum Gasteiger partial charge on any atom is 0.393 e. The summed E-state index contributed by atoms with van der Waals surface area (Å²) < 4.78 is 64.8. The quantitative estimate of drug-likeness (QED) is 0.879. The summed E-state index contributed by atoms with van der Waals surface area (Å²) in [5.74, 6) is 0. The average Bonchev–Trinajstić information content (AvgIpc) is 2.61. The molecule has 1 unspecified atom stereocenters. The molecule has 1 atom stereocenters. The fraction of sp³-hybridized carbons (Fsp3) is 0.353. The molecule has 5 nitrogen and oxygen atoms in total. The lowest BCUT2D eigenvalue weighted by Gasteiger charge is -2.35. The highest BCUT2D eigenvalue weighted by molar-refractivity contribution is 7.89. The Bertz CT molecular complexity index is 840. The molecule has 1 aromatic heterocycles. The topological polar surface area (TPSA) is 62.3 Å². The van der Waals surface area contributed by atoms with Gasteiger partial charge in [-0.15, -0.1) is 0 Å². The molecule has 9 heteroatoms. The minimum Gasteiger partial charge on any atom is -0.313 e. The van der Waals surface area contributed by atoms with E-state index in [1.54, 1.807) is 24.5 Å². The molecule has 1 N–H and O–H groups in total. The van der Waals surface area contributed by atoms with E-state index in [2.05, 4.69) is 10.3 Å². The van der Waals surface area contributed by atoms with E-state index in [4.69, 9.17) is 0 Å². The lowest BCUT2D eigenvalue weighted by atomic mass is 10.1. The van der Waals surface area contributed by atoms with Gasteiger partial charge in [0.1, 0.15) is 0 Å². The number of sulfonamides is 1. The largest absolute Gasteiger partial charge is 0.393 e. The van der Waals surface area contributed by atoms with Gasteiger partial charge in [0.05, 0.1) is 17.4 Å². The molecule has 0 spiro atoms. The van der Waals surface area contributed by atoms with E-state index in [0.29, 0.717) is 13.1 Å². The minimum atomic E-state index is -4.33. The van der Waals surface area contributed by atoms with Crippen LogP contribution in [0.2, 0.25) is 0 Å². The van der Waals surface area contributed by atoms with Crippen LogP contribution < -0.4 is 5.32 Å². The molecular formula is C17H18F3N3O2S. The number of pyridine rings is 1. The van der Waals surface area contributed by atoms with Crippen LogP contribution in [-0.4, -0.2) is 43.5 Å². The number of nitrogens with one attached hydrogen (secondary N) is 1. The van der Waals surface area contributed by atoms with E-state index in [9.17, 15) is 21.6 Å². The summed E-state index contributed by atoms with van der Waals surface area (Å²) in [5, 5.41) is 3.16. The summed E-state index contributed by atoms with van der Waals surface area (Å²) in [5.41, 5.74) is 0.789. The van der Waals surface area contributed by atoms with Crippen LogP contribution in [0.3, 0.4) is 0 Å². The van der Waals surface area contributed by atoms with Gasteiger partial charge in [-0.2, -0.15) is 17.5 Å². The number of halogens is 3. The van der Waals surface area contributed by atoms with E-state index in [1.165, 1.54) is 28.6 Å². The van der Waals surface area contributed by atoms with Crippen molar-refractivity contribution in [2.75, 3.05) is 19.6 Å². The molecule has 140 valence electrons. The molecule has 0 amide bonds. The minimum absolute atomic E-state index is 0.0146. The molecule has 2 aromatic rings. The second-order valence-electron chi connectivity index (χ2n) is 6.06. The molecule has 1 saturated heterocycles. The zero-order valence-corrected chi connectivity index (χ0v) is 14.6. The second kappa shape index (κ2) is 7.34. The van der Waals surface area contributed by atoms with Gasteiger partial charge in [-0.1, -0.05) is 18.2 Å². The summed E-state index contributed by atoms with van der Waals surface area (Å²) in [6, 6.07) is 8.01. The van der Waals surface area contributed by atoms with Gasteiger partial charge in [-0.05, 0) is 29.3 Å². The van der Waals surface area contributed by atoms with Crippen LogP contribution in [0.4, 0.5) is 13.2 Å². The van der Waals surface area contributed by atoms with Crippen molar-refractivity contribution in [2.45, 2.75) is 23.5 Å². The van der Waals surface area contributed by atoms with Crippen LogP contribution in [0.1, 0.15) is 17.2 Å². The van der Waals surface area contributed by atoms with E-state index < -0.39 is 28.7 Å². The van der Waals surface area contributed by atoms with Crippen LogP contribution in [0.15, 0.2) is 53.7 Å². The molecule has 0 radical (unpaired) electrons. The Morgan fingerprint density at radius 1 is 1.19 bits per heavy atom. The Hall–Kier alpha value is -1.97. The van der Waals surface area contributed by atoms with Gasteiger partial charge in [0.25, 0.3) is 0 Å². The summed E-state index contributed by atoms with van der Waals surface area (Å²) in [7, 11) is -3.84. The van der Waals surface area contributed by atoms with E-state index in [-0.39, 0.29) is 17.0 Å². The zero-order chi connectivity index (χ0) is 18.8. The van der Waals surface area contributed by atoms with Crippen LogP contribution in [0.25, 0.3) is 0 Å². The highest BCUT2D eigenvalue weighted by Gasteiger charge is 2.35. The highest BCUT2D eigenvalue weighted by atomic mass is 32.2. The first-order chi connectivity index (χ1) is 12.3. The van der Waals surface area contributed by atoms with E-state index in [0.717, 1.165) is 5.56 Å². The number of piperazine rings is 1. The third-order valence-electron chi connectivity index (χ3n) is 4.20. The number of aromatic nitrogens is 1. The number of benzene rings is 1. The van der Waals surface area contributed by atoms with Gasteiger partial charge in [0, 0.05) is 32.0 Å².